The van der Waals surface area contributed by atoms with E-state index in [-0.39, 0.29) is 12.7 Å². The third kappa shape index (κ3) is 3.59. The second kappa shape index (κ2) is 8.33. The van der Waals surface area contributed by atoms with Crippen LogP contribution in [0.5, 0.6) is 17.4 Å². The fraction of sp³-hybridized carbons (Fsp3) is 0.280. The Labute approximate surface area is 196 Å². The summed E-state index contributed by atoms with van der Waals surface area (Å²) in [6, 6.07) is 9.94. The highest BCUT2D eigenvalue weighted by Crippen LogP contribution is 2.43. The van der Waals surface area contributed by atoms with Gasteiger partial charge < -0.3 is 18.8 Å². The first-order chi connectivity index (χ1) is 16.7. The number of rotatable bonds is 5. The van der Waals surface area contributed by atoms with Crippen molar-refractivity contribution in [1.29, 1.82) is 0 Å². The first-order valence-corrected chi connectivity index (χ1v) is 11.3. The average molecular weight is 457 g/mol. The van der Waals surface area contributed by atoms with E-state index in [0.29, 0.717) is 11.7 Å². The molecule has 34 heavy (non-hydrogen) atoms. The third-order valence-electron chi connectivity index (χ3n) is 6.14. The Kier molecular flexibility index (Phi) is 5.01. The minimum absolute atomic E-state index is 0.121. The molecule has 1 atom stereocenters. The number of imidazole rings is 1. The number of methoxy groups -OCH3 is 1. The zero-order chi connectivity index (χ0) is 23.1. The molecule has 0 spiro atoms. The normalized spacial score (nSPS) is 16.7. The van der Waals surface area contributed by atoms with Crippen molar-refractivity contribution in [3.8, 4) is 23.1 Å². The van der Waals surface area contributed by atoms with Gasteiger partial charge in [0, 0.05) is 24.2 Å². The number of aromatic nitrogens is 6. The Morgan fingerprint density at radius 3 is 2.91 bits per heavy atom. The fourth-order valence-corrected chi connectivity index (χ4v) is 4.56. The van der Waals surface area contributed by atoms with E-state index >= 15 is 0 Å². The summed E-state index contributed by atoms with van der Waals surface area (Å²) in [6.07, 6.45) is 9.50. The highest BCUT2D eigenvalue weighted by molar-refractivity contribution is 5.66. The van der Waals surface area contributed by atoms with E-state index in [0.717, 1.165) is 59.3 Å². The molecule has 5 heterocycles. The van der Waals surface area contributed by atoms with Crippen LogP contribution < -0.4 is 14.2 Å². The lowest BCUT2D eigenvalue weighted by atomic mass is 9.90. The Bertz CT molecular complexity index is 1390. The van der Waals surface area contributed by atoms with Crippen molar-refractivity contribution in [2.45, 2.75) is 32.2 Å². The van der Waals surface area contributed by atoms with Crippen molar-refractivity contribution in [1.82, 2.24) is 29.3 Å². The van der Waals surface area contributed by atoms with Gasteiger partial charge in [0.1, 0.15) is 11.5 Å². The molecule has 0 amide bonds. The van der Waals surface area contributed by atoms with E-state index in [9.17, 15) is 0 Å². The number of pyridine rings is 1. The topological polar surface area (TPSA) is 89.1 Å². The molecule has 6 rings (SSSR count). The maximum atomic E-state index is 5.76. The molecule has 3 aromatic heterocycles. The Morgan fingerprint density at radius 1 is 1.12 bits per heavy atom. The number of ether oxygens (including phenoxy) is 3. The number of nitrogens with zero attached hydrogens (tertiary/aromatic N) is 6. The van der Waals surface area contributed by atoms with Crippen LogP contribution in [0.4, 0.5) is 0 Å². The van der Waals surface area contributed by atoms with Crippen LogP contribution in [0.3, 0.4) is 0 Å². The molecular weight excluding hydrogens is 432 g/mol. The minimum atomic E-state index is 0.121. The largest absolute Gasteiger partial charge is 0.479 e. The van der Waals surface area contributed by atoms with Crippen LogP contribution in [0.15, 0.2) is 42.9 Å². The summed E-state index contributed by atoms with van der Waals surface area (Å²) in [5.74, 6) is 3.87. The van der Waals surface area contributed by atoms with Crippen LogP contribution in [-0.4, -0.2) is 43.2 Å². The molecule has 0 unspecified atom stereocenters. The lowest BCUT2D eigenvalue weighted by Gasteiger charge is -2.23. The number of hydrogen-bond acceptors (Lipinski definition) is 7. The van der Waals surface area contributed by atoms with Gasteiger partial charge in [-0.2, -0.15) is 5.10 Å². The molecule has 172 valence electrons. The predicted molar refractivity (Wildman–Crippen MR) is 125 cm³/mol. The predicted octanol–water partition coefficient (Wildman–Crippen LogP) is 4.00. The zero-order valence-electron chi connectivity index (χ0n) is 19.0. The van der Waals surface area contributed by atoms with Gasteiger partial charge in [0.15, 0.2) is 17.3 Å². The second-order valence-electron chi connectivity index (χ2n) is 8.35. The summed E-state index contributed by atoms with van der Waals surface area (Å²) >= 11 is 0. The van der Waals surface area contributed by atoms with Gasteiger partial charge in [0.25, 0.3) is 0 Å². The summed E-state index contributed by atoms with van der Waals surface area (Å²) in [6.45, 7) is 3.06. The molecule has 0 N–H and O–H groups in total. The monoisotopic (exact) mass is 456 g/mol. The SMILES string of the molecule is COc1nc(C=Cc2nc3n(n2)CCC[C@@H]3c2cccc3c2OCO3)ccc1-n1cnc(C)c1. The van der Waals surface area contributed by atoms with Gasteiger partial charge in [-0.3, -0.25) is 0 Å². The maximum Gasteiger partial charge on any atom is 0.238 e. The smallest absolute Gasteiger partial charge is 0.238 e. The van der Waals surface area contributed by atoms with E-state index in [1.807, 2.05) is 58.8 Å². The summed E-state index contributed by atoms with van der Waals surface area (Å²) in [5, 5.41) is 4.72. The summed E-state index contributed by atoms with van der Waals surface area (Å²) in [4.78, 5) is 13.8. The summed E-state index contributed by atoms with van der Waals surface area (Å²) in [7, 11) is 1.61. The molecule has 0 fully saturated rings. The molecular formula is C25H24N6O3. The number of para-hydroxylation sites is 1. The molecule has 0 bridgehead atoms. The summed E-state index contributed by atoms with van der Waals surface area (Å²) < 4.78 is 20.7. The average Bonchev–Trinajstić information content (AvgIpc) is 3.61. The van der Waals surface area contributed by atoms with Gasteiger partial charge in [0.05, 0.1) is 24.8 Å². The van der Waals surface area contributed by atoms with Gasteiger partial charge in [-0.1, -0.05) is 12.1 Å². The third-order valence-corrected chi connectivity index (χ3v) is 6.14. The van der Waals surface area contributed by atoms with Crippen LogP contribution in [0.2, 0.25) is 0 Å². The van der Waals surface area contributed by atoms with E-state index in [2.05, 4.69) is 16.0 Å². The van der Waals surface area contributed by atoms with Gasteiger partial charge in [-0.05, 0) is 50.1 Å². The van der Waals surface area contributed by atoms with Crippen molar-refractivity contribution >= 4 is 12.2 Å². The molecule has 0 radical (unpaired) electrons. The molecule has 9 nitrogen and oxygen atoms in total. The van der Waals surface area contributed by atoms with Crippen molar-refractivity contribution < 1.29 is 14.2 Å². The van der Waals surface area contributed by atoms with Crippen molar-refractivity contribution in [3.63, 3.8) is 0 Å². The van der Waals surface area contributed by atoms with Crippen molar-refractivity contribution in [2.24, 2.45) is 0 Å². The number of hydrogen-bond donors (Lipinski definition) is 0. The van der Waals surface area contributed by atoms with E-state index in [1.54, 1.807) is 13.4 Å². The summed E-state index contributed by atoms with van der Waals surface area (Å²) in [5.41, 5.74) is 3.63. The Morgan fingerprint density at radius 2 is 2.06 bits per heavy atom. The van der Waals surface area contributed by atoms with Crippen LogP contribution in [0.1, 0.15) is 47.4 Å². The first kappa shape index (κ1) is 20.5. The van der Waals surface area contributed by atoms with E-state index < -0.39 is 0 Å². The quantitative estimate of drug-likeness (QED) is 0.448. The highest BCUT2D eigenvalue weighted by Gasteiger charge is 2.30. The van der Waals surface area contributed by atoms with Crippen LogP contribution in [-0.2, 0) is 6.54 Å². The number of benzene rings is 1. The van der Waals surface area contributed by atoms with Crippen LogP contribution in [0.25, 0.3) is 17.8 Å². The molecule has 4 aromatic rings. The zero-order valence-corrected chi connectivity index (χ0v) is 19.0. The van der Waals surface area contributed by atoms with E-state index in [1.165, 1.54) is 0 Å². The molecule has 2 aliphatic rings. The van der Waals surface area contributed by atoms with Gasteiger partial charge in [0.2, 0.25) is 12.7 Å². The van der Waals surface area contributed by atoms with Gasteiger partial charge in [-0.15, -0.1) is 0 Å². The maximum absolute atomic E-state index is 5.76. The Balaban J connectivity index is 1.28. The van der Waals surface area contributed by atoms with Crippen LogP contribution in [0, 0.1) is 6.92 Å². The minimum Gasteiger partial charge on any atom is -0.479 e. The highest BCUT2D eigenvalue weighted by atomic mass is 16.7. The van der Waals surface area contributed by atoms with Crippen molar-refractivity contribution in [3.05, 3.63) is 71.5 Å². The second-order valence-corrected chi connectivity index (χ2v) is 8.35. The number of fused-ring (bicyclic) bond motifs is 2. The standard InChI is InChI=1S/C25H24N6O3/c1-16-13-30(14-26-16)20-10-8-17(27-25(20)32-2)9-11-22-28-24-19(6-4-12-31(24)29-22)18-5-3-7-21-23(18)34-15-33-21/h3,5,7-11,13-14,19H,4,6,12,15H2,1-2H3/t19-/m1/s1. The fourth-order valence-electron chi connectivity index (χ4n) is 4.56. The first-order valence-electron chi connectivity index (χ1n) is 11.3. The molecule has 1 aromatic carbocycles. The van der Waals surface area contributed by atoms with Crippen molar-refractivity contribution in [2.75, 3.05) is 13.9 Å². The van der Waals surface area contributed by atoms with E-state index in [4.69, 9.17) is 24.3 Å². The number of aryl methyl sites for hydroxylation is 2. The molecule has 0 saturated carbocycles. The lowest BCUT2D eigenvalue weighted by Crippen LogP contribution is -2.18. The van der Waals surface area contributed by atoms with Crippen LogP contribution >= 0.6 is 0 Å². The van der Waals surface area contributed by atoms with Gasteiger partial charge in [-0.25, -0.2) is 19.6 Å². The molecule has 9 heteroatoms. The molecule has 0 saturated heterocycles. The lowest BCUT2D eigenvalue weighted by molar-refractivity contribution is 0.173. The van der Waals surface area contributed by atoms with Gasteiger partial charge >= 0.3 is 0 Å². The molecule has 2 aliphatic heterocycles. The molecule has 0 aliphatic carbocycles. The Hall–Kier alpha value is -4.14.